The Morgan fingerprint density at radius 2 is 1.33 bits per heavy atom. The van der Waals surface area contributed by atoms with Gasteiger partial charge >= 0.3 is 0 Å². The summed E-state index contributed by atoms with van der Waals surface area (Å²) in [6.45, 7) is 4.00. The van der Waals surface area contributed by atoms with Crippen molar-refractivity contribution in [3.8, 4) is 5.75 Å². The SMILES string of the molecule is CC.COc1ccc(Cc2ccc(F)cc2)cc1.c1ncc(Cc2ccsc2)cn1. The molecule has 0 aliphatic rings. The molecule has 0 spiro atoms. The van der Waals surface area contributed by atoms with E-state index in [1.165, 1.54) is 23.3 Å². The summed E-state index contributed by atoms with van der Waals surface area (Å²) in [4.78, 5) is 7.92. The summed E-state index contributed by atoms with van der Waals surface area (Å²) < 4.78 is 17.8. The van der Waals surface area contributed by atoms with E-state index in [9.17, 15) is 4.39 Å². The van der Waals surface area contributed by atoms with E-state index in [0.29, 0.717) is 0 Å². The van der Waals surface area contributed by atoms with Crippen molar-refractivity contribution in [2.45, 2.75) is 26.7 Å². The van der Waals surface area contributed by atoms with Crippen LogP contribution in [0.25, 0.3) is 0 Å². The summed E-state index contributed by atoms with van der Waals surface area (Å²) >= 11 is 1.72. The number of rotatable bonds is 5. The summed E-state index contributed by atoms with van der Waals surface area (Å²) in [5.41, 5.74) is 4.78. The fraction of sp³-hybridized carbons (Fsp3) is 0.200. The minimum Gasteiger partial charge on any atom is -0.497 e. The lowest BCUT2D eigenvalue weighted by Crippen LogP contribution is -1.89. The van der Waals surface area contributed by atoms with Crippen LogP contribution in [0.1, 0.15) is 36.1 Å². The Bertz CT molecular complexity index is 941. The maximum Gasteiger partial charge on any atom is 0.123 e. The lowest BCUT2D eigenvalue weighted by molar-refractivity contribution is 0.414. The first kappa shape index (κ1) is 23.2. The van der Waals surface area contributed by atoms with E-state index in [4.69, 9.17) is 4.74 Å². The first-order valence-electron chi connectivity index (χ1n) is 9.85. The minimum atomic E-state index is -0.196. The smallest absolute Gasteiger partial charge is 0.123 e. The van der Waals surface area contributed by atoms with Crippen LogP contribution in [0.15, 0.2) is 84.1 Å². The zero-order valence-electron chi connectivity index (χ0n) is 17.6. The van der Waals surface area contributed by atoms with Crippen molar-refractivity contribution < 1.29 is 9.13 Å². The number of aromatic nitrogens is 2. The van der Waals surface area contributed by atoms with Crippen LogP contribution in [0.5, 0.6) is 5.75 Å². The maximum absolute atomic E-state index is 12.7. The predicted octanol–water partition coefficient (Wildman–Crippen LogP) is 6.58. The van der Waals surface area contributed by atoms with Gasteiger partial charge < -0.3 is 4.74 Å². The van der Waals surface area contributed by atoms with Gasteiger partial charge in [-0.2, -0.15) is 11.3 Å². The van der Waals surface area contributed by atoms with Gasteiger partial charge in [0.25, 0.3) is 0 Å². The lowest BCUT2D eigenvalue weighted by atomic mass is 10.1. The molecule has 0 aliphatic heterocycles. The zero-order valence-corrected chi connectivity index (χ0v) is 18.4. The summed E-state index contributed by atoms with van der Waals surface area (Å²) in [5.74, 6) is 0.654. The molecule has 0 N–H and O–H groups in total. The Balaban J connectivity index is 0.000000204. The lowest BCUT2D eigenvalue weighted by Gasteiger charge is -2.03. The van der Waals surface area contributed by atoms with Gasteiger partial charge in [0, 0.05) is 18.8 Å². The maximum atomic E-state index is 12.7. The molecule has 0 bridgehead atoms. The standard InChI is InChI=1S/C14H13FO.C9H8N2S.C2H6/c1-16-14-8-4-12(5-9-14)10-11-2-6-13(15)7-3-11;1-2-12-6-8(1)3-9-4-10-7-11-5-9;1-2/h2-9H,10H2,1H3;1-2,4-7H,3H2;1-2H3. The molecule has 30 heavy (non-hydrogen) atoms. The van der Waals surface area contributed by atoms with Crippen molar-refractivity contribution in [3.05, 3.63) is 112 Å². The second-order valence-electron chi connectivity index (χ2n) is 6.21. The predicted molar refractivity (Wildman–Crippen MR) is 123 cm³/mol. The topological polar surface area (TPSA) is 35.0 Å². The summed E-state index contributed by atoms with van der Waals surface area (Å²) in [6, 6.07) is 16.6. The fourth-order valence-electron chi connectivity index (χ4n) is 2.63. The Kier molecular flexibility index (Phi) is 10.2. The highest BCUT2D eigenvalue weighted by molar-refractivity contribution is 7.07. The van der Waals surface area contributed by atoms with Crippen molar-refractivity contribution in [2.75, 3.05) is 7.11 Å². The normalized spacial score (nSPS) is 9.60. The molecular formula is C25H27FN2OS. The highest BCUT2D eigenvalue weighted by Crippen LogP contribution is 2.15. The van der Waals surface area contributed by atoms with Crippen molar-refractivity contribution in [1.82, 2.24) is 9.97 Å². The third-order valence-corrected chi connectivity index (χ3v) is 4.82. The molecule has 156 valence electrons. The minimum absolute atomic E-state index is 0.196. The number of methoxy groups -OCH3 is 1. The molecule has 2 heterocycles. The molecule has 3 nitrogen and oxygen atoms in total. The van der Waals surface area contributed by atoms with Crippen LogP contribution < -0.4 is 4.74 Å². The third-order valence-electron chi connectivity index (χ3n) is 4.08. The molecule has 0 aliphatic carbocycles. The molecule has 0 atom stereocenters. The van der Waals surface area contributed by atoms with E-state index < -0.39 is 0 Å². The average Bonchev–Trinajstić information content (AvgIpc) is 3.31. The molecule has 4 aromatic rings. The molecular weight excluding hydrogens is 395 g/mol. The summed E-state index contributed by atoms with van der Waals surface area (Å²) in [7, 11) is 1.65. The van der Waals surface area contributed by atoms with E-state index in [0.717, 1.165) is 29.7 Å². The largest absolute Gasteiger partial charge is 0.497 e. The molecule has 0 amide bonds. The second-order valence-corrected chi connectivity index (χ2v) is 6.99. The number of hydrogen-bond acceptors (Lipinski definition) is 4. The molecule has 5 heteroatoms. The second kappa shape index (κ2) is 13.2. The number of thiophene rings is 1. The van der Waals surface area contributed by atoms with Crippen LogP contribution in [0.3, 0.4) is 0 Å². The van der Waals surface area contributed by atoms with E-state index >= 15 is 0 Å². The van der Waals surface area contributed by atoms with Gasteiger partial charge in [0.05, 0.1) is 7.11 Å². The Morgan fingerprint density at radius 1 is 0.767 bits per heavy atom. The van der Waals surface area contributed by atoms with E-state index in [-0.39, 0.29) is 5.82 Å². The van der Waals surface area contributed by atoms with Gasteiger partial charge in [-0.05, 0) is 69.8 Å². The van der Waals surface area contributed by atoms with E-state index in [1.54, 1.807) is 36.9 Å². The highest BCUT2D eigenvalue weighted by atomic mass is 32.1. The van der Waals surface area contributed by atoms with Gasteiger partial charge in [-0.3, -0.25) is 0 Å². The van der Waals surface area contributed by atoms with Gasteiger partial charge in [0.2, 0.25) is 0 Å². The van der Waals surface area contributed by atoms with Crippen LogP contribution >= 0.6 is 11.3 Å². The zero-order chi connectivity index (χ0) is 21.6. The molecule has 0 radical (unpaired) electrons. The Labute approximate surface area is 182 Å². The number of ether oxygens (including phenoxy) is 1. The third kappa shape index (κ3) is 8.13. The molecule has 0 saturated heterocycles. The van der Waals surface area contributed by atoms with Crippen molar-refractivity contribution >= 4 is 11.3 Å². The van der Waals surface area contributed by atoms with Gasteiger partial charge in [0.15, 0.2) is 0 Å². The van der Waals surface area contributed by atoms with Crippen molar-refractivity contribution in [1.29, 1.82) is 0 Å². The first-order chi connectivity index (χ1) is 14.7. The Morgan fingerprint density at radius 3 is 1.87 bits per heavy atom. The quantitative estimate of drug-likeness (QED) is 0.364. The molecule has 0 saturated carbocycles. The van der Waals surface area contributed by atoms with Gasteiger partial charge in [0.1, 0.15) is 17.9 Å². The molecule has 2 aromatic heterocycles. The number of halogens is 1. The summed E-state index contributed by atoms with van der Waals surface area (Å²) in [6.07, 6.45) is 7.00. The first-order valence-corrected chi connectivity index (χ1v) is 10.8. The highest BCUT2D eigenvalue weighted by Gasteiger charge is 1.98. The van der Waals surface area contributed by atoms with Gasteiger partial charge in [-0.25, -0.2) is 14.4 Å². The van der Waals surface area contributed by atoms with E-state index in [2.05, 4.69) is 26.8 Å². The number of benzene rings is 2. The monoisotopic (exact) mass is 422 g/mol. The number of nitrogens with zero attached hydrogens (tertiary/aromatic N) is 2. The summed E-state index contributed by atoms with van der Waals surface area (Å²) in [5, 5.41) is 4.23. The van der Waals surface area contributed by atoms with Crippen LogP contribution in [0.4, 0.5) is 4.39 Å². The van der Waals surface area contributed by atoms with Crippen LogP contribution in [-0.2, 0) is 12.8 Å². The molecule has 2 aromatic carbocycles. The van der Waals surface area contributed by atoms with Crippen LogP contribution in [-0.4, -0.2) is 17.1 Å². The van der Waals surface area contributed by atoms with Crippen LogP contribution in [0, 0.1) is 5.82 Å². The van der Waals surface area contributed by atoms with E-state index in [1.807, 2.05) is 50.5 Å². The number of hydrogen-bond donors (Lipinski definition) is 0. The molecule has 0 unspecified atom stereocenters. The fourth-order valence-corrected chi connectivity index (χ4v) is 3.30. The van der Waals surface area contributed by atoms with Crippen molar-refractivity contribution in [3.63, 3.8) is 0 Å². The van der Waals surface area contributed by atoms with Crippen molar-refractivity contribution in [2.24, 2.45) is 0 Å². The Hall–Kier alpha value is -3.05. The average molecular weight is 423 g/mol. The van der Waals surface area contributed by atoms with Gasteiger partial charge in [-0.1, -0.05) is 38.1 Å². The molecule has 0 fully saturated rings. The van der Waals surface area contributed by atoms with Crippen LogP contribution in [0.2, 0.25) is 0 Å². The molecule has 4 rings (SSSR count). The van der Waals surface area contributed by atoms with Gasteiger partial charge in [-0.15, -0.1) is 0 Å².